The Bertz CT molecular complexity index is 341. The third kappa shape index (κ3) is 1.95. The molecule has 0 amide bonds. The molecule has 1 aliphatic rings. The van der Waals surface area contributed by atoms with E-state index in [4.69, 9.17) is 4.84 Å². The molecule has 0 saturated heterocycles. The molecule has 2 nitrogen and oxygen atoms in total. The first kappa shape index (κ1) is 9.25. The Hall–Kier alpha value is -1.31. The highest BCUT2D eigenvalue weighted by molar-refractivity contribution is 6.00. The second-order valence-corrected chi connectivity index (χ2v) is 4.25. The van der Waals surface area contributed by atoms with Crippen molar-refractivity contribution in [2.45, 2.75) is 32.3 Å². The molecule has 1 aromatic carbocycles. The summed E-state index contributed by atoms with van der Waals surface area (Å²) >= 11 is 0. The number of nitrogens with zero attached hydrogens (tertiary/aromatic N) is 1. The maximum atomic E-state index is 5.42. The standard InChI is InChI=1S/C12H15NO/c1-12(2)9-8-11(13-14-12)10-6-4-3-5-7-10/h3-7H,8-9H2,1-2H3. The molecule has 1 aliphatic heterocycles. The molecule has 2 heteroatoms. The number of oxime groups is 1. The summed E-state index contributed by atoms with van der Waals surface area (Å²) in [5, 5.41) is 4.17. The predicted molar refractivity (Wildman–Crippen MR) is 57.4 cm³/mol. The van der Waals surface area contributed by atoms with Crippen LogP contribution in [-0.4, -0.2) is 11.3 Å². The van der Waals surface area contributed by atoms with E-state index in [0.717, 1.165) is 18.6 Å². The van der Waals surface area contributed by atoms with Crippen molar-refractivity contribution in [2.75, 3.05) is 0 Å². The van der Waals surface area contributed by atoms with Crippen molar-refractivity contribution in [1.29, 1.82) is 0 Å². The van der Waals surface area contributed by atoms with Gasteiger partial charge in [0.05, 0.1) is 5.71 Å². The van der Waals surface area contributed by atoms with E-state index in [9.17, 15) is 0 Å². The van der Waals surface area contributed by atoms with Gasteiger partial charge in [-0.3, -0.25) is 0 Å². The number of hydrogen-bond acceptors (Lipinski definition) is 2. The molecule has 0 unspecified atom stereocenters. The van der Waals surface area contributed by atoms with Crippen molar-refractivity contribution in [2.24, 2.45) is 5.16 Å². The van der Waals surface area contributed by atoms with Crippen molar-refractivity contribution in [1.82, 2.24) is 0 Å². The molecule has 0 aromatic heterocycles. The maximum Gasteiger partial charge on any atom is 0.132 e. The van der Waals surface area contributed by atoms with Gasteiger partial charge < -0.3 is 4.84 Å². The Balaban J connectivity index is 2.19. The quantitative estimate of drug-likeness (QED) is 0.665. The molecule has 14 heavy (non-hydrogen) atoms. The number of benzene rings is 1. The van der Waals surface area contributed by atoms with Gasteiger partial charge in [-0.1, -0.05) is 35.5 Å². The average molecular weight is 189 g/mol. The van der Waals surface area contributed by atoms with Gasteiger partial charge in [-0.2, -0.15) is 0 Å². The van der Waals surface area contributed by atoms with Gasteiger partial charge >= 0.3 is 0 Å². The van der Waals surface area contributed by atoms with Crippen LogP contribution < -0.4 is 0 Å². The van der Waals surface area contributed by atoms with Crippen molar-refractivity contribution < 1.29 is 4.84 Å². The molecular formula is C12H15NO. The lowest BCUT2D eigenvalue weighted by Gasteiger charge is -2.27. The zero-order chi connectivity index (χ0) is 10.0. The first-order valence-electron chi connectivity index (χ1n) is 4.98. The van der Waals surface area contributed by atoms with E-state index in [1.807, 2.05) is 18.2 Å². The zero-order valence-corrected chi connectivity index (χ0v) is 8.66. The largest absolute Gasteiger partial charge is 0.390 e. The van der Waals surface area contributed by atoms with Crippen LogP contribution >= 0.6 is 0 Å². The number of rotatable bonds is 1. The predicted octanol–water partition coefficient (Wildman–Crippen LogP) is 2.98. The van der Waals surface area contributed by atoms with Gasteiger partial charge in [0.15, 0.2) is 0 Å². The minimum Gasteiger partial charge on any atom is -0.390 e. The molecule has 0 saturated carbocycles. The molecule has 0 N–H and O–H groups in total. The van der Waals surface area contributed by atoms with Gasteiger partial charge in [-0.15, -0.1) is 0 Å². The Kier molecular flexibility index (Phi) is 2.28. The molecule has 0 bridgehead atoms. The molecule has 0 fully saturated rings. The van der Waals surface area contributed by atoms with Gasteiger partial charge in [-0.25, -0.2) is 0 Å². The Morgan fingerprint density at radius 1 is 1.21 bits per heavy atom. The topological polar surface area (TPSA) is 21.6 Å². The summed E-state index contributed by atoms with van der Waals surface area (Å²) < 4.78 is 0. The van der Waals surface area contributed by atoms with Crippen molar-refractivity contribution >= 4 is 5.71 Å². The molecule has 74 valence electrons. The average Bonchev–Trinajstić information content (AvgIpc) is 2.19. The van der Waals surface area contributed by atoms with E-state index in [0.29, 0.717) is 0 Å². The van der Waals surface area contributed by atoms with Crippen LogP contribution in [-0.2, 0) is 4.84 Å². The number of hydrogen-bond donors (Lipinski definition) is 0. The lowest BCUT2D eigenvalue weighted by atomic mass is 9.96. The van der Waals surface area contributed by atoms with Crippen LogP contribution in [0.15, 0.2) is 35.5 Å². The fraction of sp³-hybridized carbons (Fsp3) is 0.417. The molecular weight excluding hydrogens is 174 g/mol. The van der Waals surface area contributed by atoms with Crippen LogP contribution in [0.3, 0.4) is 0 Å². The summed E-state index contributed by atoms with van der Waals surface area (Å²) in [6.45, 7) is 4.14. The Morgan fingerprint density at radius 2 is 1.93 bits per heavy atom. The van der Waals surface area contributed by atoms with E-state index in [1.54, 1.807) is 0 Å². The molecule has 0 radical (unpaired) electrons. The summed E-state index contributed by atoms with van der Waals surface area (Å²) in [7, 11) is 0. The van der Waals surface area contributed by atoms with Crippen LogP contribution in [0.1, 0.15) is 32.3 Å². The minimum atomic E-state index is -0.0989. The maximum absolute atomic E-state index is 5.42. The lowest BCUT2D eigenvalue weighted by molar-refractivity contribution is -0.0282. The molecule has 1 aromatic rings. The van der Waals surface area contributed by atoms with E-state index in [-0.39, 0.29) is 5.60 Å². The minimum absolute atomic E-state index is 0.0989. The van der Waals surface area contributed by atoms with Crippen LogP contribution in [0, 0.1) is 0 Å². The fourth-order valence-electron chi connectivity index (χ4n) is 1.52. The fourth-order valence-corrected chi connectivity index (χ4v) is 1.52. The van der Waals surface area contributed by atoms with E-state index in [1.165, 1.54) is 5.56 Å². The lowest BCUT2D eigenvalue weighted by Crippen LogP contribution is -2.28. The smallest absolute Gasteiger partial charge is 0.132 e. The van der Waals surface area contributed by atoms with Crippen molar-refractivity contribution in [3.8, 4) is 0 Å². The highest BCUT2D eigenvalue weighted by Gasteiger charge is 2.25. The van der Waals surface area contributed by atoms with Crippen LogP contribution in [0.25, 0.3) is 0 Å². The molecule has 2 rings (SSSR count). The van der Waals surface area contributed by atoms with E-state index in [2.05, 4.69) is 31.1 Å². The van der Waals surface area contributed by atoms with Crippen LogP contribution in [0.5, 0.6) is 0 Å². The van der Waals surface area contributed by atoms with E-state index >= 15 is 0 Å². The van der Waals surface area contributed by atoms with Gasteiger partial charge in [0.25, 0.3) is 0 Å². The third-order valence-corrected chi connectivity index (χ3v) is 2.47. The third-order valence-electron chi connectivity index (χ3n) is 2.47. The summed E-state index contributed by atoms with van der Waals surface area (Å²) in [5.41, 5.74) is 2.13. The molecule has 0 atom stereocenters. The summed E-state index contributed by atoms with van der Waals surface area (Å²) in [4.78, 5) is 5.42. The van der Waals surface area contributed by atoms with Gasteiger partial charge in [0.2, 0.25) is 0 Å². The normalized spacial score (nSPS) is 19.7. The van der Waals surface area contributed by atoms with Gasteiger partial charge in [-0.05, 0) is 32.3 Å². The second kappa shape index (κ2) is 3.45. The van der Waals surface area contributed by atoms with Crippen LogP contribution in [0.4, 0.5) is 0 Å². The molecule has 1 heterocycles. The summed E-state index contributed by atoms with van der Waals surface area (Å²) in [5.74, 6) is 0. The van der Waals surface area contributed by atoms with Crippen LogP contribution in [0.2, 0.25) is 0 Å². The van der Waals surface area contributed by atoms with Crippen molar-refractivity contribution in [3.05, 3.63) is 35.9 Å². The Morgan fingerprint density at radius 3 is 2.50 bits per heavy atom. The molecule has 0 aliphatic carbocycles. The van der Waals surface area contributed by atoms with Gasteiger partial charge in [0, 0.05) is 0 Å². The van der Waals surface area contributed by atoms with E-state index < -0.39 is 0 Å². The van der Waals surface area contributed by atoms with Gasteiger partial charge in [0.1, 0.15) is 5.60 Å². The zero-order valence-electron chi connectivity index (χ0n) is 8.66. The Labute approximate surface area is 84.6 Å². The summed E-state index contributed by atoms with van der Waals surface area (Å²) in [6, 6.07) is 10.2. The highest BCUT2D eigenvalue weighted by atomic mass is 16.6. The summed E-state index contributed by atoms with van der Waals surface area (Å²) in [6.07, 6.45) is 2.03. The monoisotopic (exact) mass is 189 g/mol. The highest BCUT2D eigenvalue weighted by Crippen LogP contribution is 2.24. The SMILES string of the molecule is CC1(C)CCC(c2ccccc2)=NO1. The first-order valence-corrected chi connectivity index (χ1v) is 4.98. The second-order valence-electron chi connectivity index (χ2n) is 4.25. The van der Waals surface area contributed by atoms with Crippen molar-refractivity contribution in [3.63, 3.8) is 0 Å². The first-order chi connectivity index (χ1) is 6.67. The molecule has 0 spiro atoms.